The van der Waals surface area contributed by atoms with Gasteiger partial charge in [-0.3, -0.25) is 4.79 Å². The highest BCUT2D eigenvalue weighted by Crippen LogP contribution is 2.47. The molecule has 0 unspecified atom stereocenters. The number of thiophene rings is 2. The molecule has 32 heavy (non-hydrogen) atoms. The Morgan fingerprint density at radius 3 is 2.44 bits per heavy atom. The van der Waals surface area contributed by atoms with Crippen LogP contribution in [-0.2, 0) is 15.1 Å². The minimum atomic E-state index is -1.25. The lowest BCUT2D eigenvalue weighted by molar-refractivity contribution is -0.123. The van der Waals surface area contributed by atoms with Crippen LogP contribution in [-0.4, -0.2) is 28.3 Å². The number of amides is 1. The van der Waals surface area contributed by atoms with Crippen molar-refractivity contribution >= 4 is 40.4 Å². The molecule has 0 aliphatic carbocycles. The fourth-order valence-electron chi connectivity index (χ4n) is 4.07. The number of nitrogens with zero attached hydrogens (tertiary/aromatic N) is 2. The molecule has 0 spiro atoms. The van der Waals surface area contributed by atoms with Crippen molar-refractivity contribution in [3.8, 4) is 17.3 Å². The molecule has 0 saturated heterocycles. The highest BCUT2D eigenvalue weighted by Gasteiger charge is 2.43. The summed E-state index contributed by atoms with van der Waals surface area (Å²) in [5, 5.41) is 29.8. The average molecular weight is 462 g/mol. The summed E-state index contributed by atoms with van der Waals surface area (Å²) < 4.78 is 7.29. The number of hydrogen-bond acceptors (Lipinski definition) is 6. The predicted molar refractivity (Wildman–Crippen MR) is 121 cm³/mol. The first kappa shape index (κ1) is 20.2. The van der Waals surface area contributed by atoms with E-state index in [2.05, 4.69) is 5.32 Å². The number of carbonyl (C=O) groups excluding carboxylic acids is 1. The largest absolute Gasteiger partial charge is 0.464 e. The Morgan fingerprint density at radius 1 is 1.12 bits per heavy atom. The fourth-order valence-corrected chi connectivity index (χ4v) is 5.46. The Labute approximate surface area is 190 Å². The van der Waals surface area contributed by atoms with Crippen molar-refractivity contribution in [3.05, 3.63) is 86.4 Å². The van der Waals surface area contributed by atoms with Crippen LogP contribution in [0.2, 0.25) is 0 Å². The number of rotatable bonds is 3. The van der Waals surface area contributed by atoms with Gasteiger partial charge in [-0.1, -0.05) is 6.07 Å². The lowest BCUT2D eigenvalue weighted by atomic mass is 9.81. The number of carbonyl (C=O) groups is 2. The standard InChI is InChI=1S/C23H15N3O4S2/c24-10-17-2-4-20(26(17)22(28)29)14-1-3-19-18(9-14)23(15-5-7-31-12-15,16-6-8-32-13-16)30-11-21(27)25-19/h1-9,12-13H,11H2,(H,25,27)(H,28,29). The van der Waals surface area contributed by atoms with Gasteiger partial charge in [-0.05, 0) is 63.5 Å². The van der Waals surface area contributed by atoms with Crippen molar-refractivity contribution in [2.24, 2.45) is 0 Å². The number of ether oxygens (including phenoxy) is 1. The molecule has 0 saturated carbocycles. The van der Waals surface area contributed by atoms with E-state index in [4.69, 9.17) is 4.74 Å². The van der Waals surface area contributed by atoms with E-state index in [1.807, 2.05) is 45.8 Å². The van der Waals surface area contributed by atoms with Crippen LogP contribution < -0.4 is 5.32 Å². The molecule has 0 radical (unpaired) electrons. The number of anilines is 1. The smallest absolute Gasteiger partial charge is 0.417 e. The van der Waals surface area contributed by atoms with E-state index in [-0.39, 0.29) is 18.2 Å². The zero-order valence-electron chi connectivity index (χ0n) is 16.4. The van der Waals surface area contributed by atoms with Crippen molar-refractivity contribution in [1.82, 2.24) is 4.57 Å². The predicted octanol–water partition coefficient (Wildman–Crippen LogP) is 4.94. The van der Waals surface area contributed by atoms with Crippen molar-refractivity contribution in [2.75, 3.05) is 11.9 Å². The van der Waals surface area contributed by atoms with Gasteiger partial charge in [0.25, 0.3) is 0 Å². The van der Waals surface area contributed by atoms with Gasteiger partial charge in [0.15, 0.2) is 0 Å². The molecule has 2 N–H and O–H groups in total. The summed E-state index contributed by atoms with van der Waals surface area (Å²) in [5.74, 6) is -0.271. The number of benzene rings is 1. The molecule has 0 fully saturated rings. The van der Waals surface area contributed by atoms with Crippen molar-refractivity contribution < 1.29 is 19.4 Å². The third-order valence-electron chi connectivity index (χ3n) is 5.43. The van der Waals surface area contributed by atoms with Gasteiger partial charge in [-0.2, -0.15) is 27.9 Å². The third-order valence-corrected chi connectivity index (χ3v) is 6.80. The van der Waals surface area contributed by atoms with Crippen LogP contribution in [0.25, 0.3) is 11.3 Å². The monoisotopic (exact) mass is 461 g/mol. The van der Waals surface area contributed by atoms with Crippen LogP contribution in [0, 0.1) is 11.3 Å². The molecule has 5 rings (SSSR count). The first-order valence-corrected chi connectivity index (χ1v) is 11.4. The first-order valence-electron chi connectivity index (χ1n) is 9.54. The minimum Gasteiger partial charge on any atom is -0.464 e. The summed E-state index contributed by atoms with van der Waals surface area (Å²) in [6, 6.07) is 14.2. The summed E-state index contributed by atoms with van der Waals surface area (Å²) in [6.45, 7) is -0.139. The second-order valence-electron chi connectivity index (χ2n) is 7.14. The van der Waals surface area contributed by atoms with Crippen LogP contribution in [0.1, 0.15) is 22.4 Å². The van der Waals surface area contributed by atoms with Crippen LogP contribution in [0.3, 0.4) is 0 Å². The van der Waals surface area contributed by atoms with Crippen LogP contribution >= 0.6 is 22.7 Å². The maximum Gasteiger partial charge on any atom is 0.417 e. The summed E-state index contributed by atoms with van der Waals surface area (Å²) in [5.41, 5.74) is 2.94. The number of nitrogens with one attached hydrogen (secondary N) is 1. The van der Waals surface area contributed by atoms with Gasteiger partial charge in [0.1, 0.15) is 24.0 Å². The number of fused-ring (bicyclic) bond motifs is 1. The number of hydrogen-bond donors (Lipinski definition) is 2. The van der Waals surface area contributed by atoms with E-state index in [1.54, 1.807) is 18.2 Å². The summed E-state index contributed by atoms with van der Waals surface area (Å²) in [7, 11) is 0. The Hall–Kier alpha value is -3.71. The lowest BCUT2D eigenvalue weighted by Gasteiger charge is -2.33. The molecular formula is C23H15N3O4S2. The summed E-state index contributed by atoms with van der Waals surface area (Å²) in [4.78, 5) is 24.3. The maximum atomic E-state index is 12.5. The van der Waals surface area contributed by atoms with E-state index in [1.165, 1.54) is 28.7 Å². The summed E-state index contributed by atoms with van der Waals surface area (Å²) >= 11 is 3.05. The molecule has 4 aromatic rings. The number of nitriles is 1. The van der Waals surface area contributed by atoms with Gasteiger partial charge < -0.3 is 15.2 Å². The highest BCUT2D eigenvalue weighted by atomic mass is 32.1. The Kier molecular flexibility index (Phi) is 4.90. The van der Waals surface area contributed by atoms with Crippen LogP contribution in [0.4, 0.5) is 10.5 Å². The number of carboxylic acid groups (broad SMARTS) is 1. The topological polar surface area (TPSA) is 104 Å². The van der Waals surface area contributed by atoms with E-state index >= 15 is 0 Å². The van der Waals surface area contributed by atoms with E-state index in [0.717, 1.165) is 15.7 Å². The molecular weight excluding hydrogens is 446 g/mol. The lowest BCUT2D eigenvalue weighted by Crippen LogP contribution is -2.32. The summed E-state index contributed by atoms with van der Waals surface area (Å²) in [6.07, 6.45) is -1.25. The zero-order valence-corrected chi connectivity index (χ0v) is 18.1. The van der Waals surface area contributed by atoms with Gasteiger partial charge in [0, 0.05) is 22.4 Å². The molecule has 4 heterocycles. The first-order chi connectivity index (χ1) is 15.5. The molecule has 1 aromatic carbocycles. The SMILES string of the molecule is N#Cc1ccc(-c2ccc3c(c2)C(c2ccsc2)(c2ccsc2)OCC(=O)N3)n1C(=O)O. The molecule has 9 heteroatoms. The Morgan fingerprint density at radius 2 is 1.84 bits per heavy atom. The molecule has 3 aromatic heterocycles. The molecule has 158 valence electrons. The van der Waals surface area contributed by atoms with Crippen LogP contribution in [0.5, 0.6) is 0 Å². The normalized spacial score (nSPS) is 14.8. The van der Waals surface area contributed by atoms with E-state index < -0.39 is 11.7 Å². The molecule has 1 aliphatic heterocycles. The number of aromatic nitrogens is 1. The molecule has 7 nitrogen and oxygen atoms in total. The molecule has 0 atom stereocenters. The molecule has 1 aliphatic rings. The maximum absolute atomic E-state index is 12.5. The second-order valence-corrected chi connectivity index (χ2v) is 8.70. The van der Waals surface area contributed by atoms with Gasteiger partial charge in [-0.15, -0.1) is 0 Å². The van der Waals surface area contributed by atoms with Gasteiger partial charge in [0.2, 0.25) is 5.91 Å². The zero-order chi connectivity index (χ0) is 22.3. The highest BCUT2D eigenvalue weighted by molar-refractivity contribution is 7.08. The molecule has 1 amide bonds. The average Bonchev–Trinajstić information content (AvgIpc) is 3.55. The van der Waals surface area contributed by atoms with Crippen molar-refractivity contribution in [2.45, 2.75) is 5.60 Å². The second kappa shape index (κ2) is 7.76. The fraction of sp³-hybridized carbons (Fsp3) is 0.0870. The Balaban J connectivity index is 1.81. The van der Waals surface area contributed by atoms with E-state index in [0.29, 0.717) is 22.5 Å². The van der Waals surface area contributed by atoms with E-state index in [9.17, 15) is 20.0 Å². The van der Waals surface area contributed by atoms with Gasteiger partial charge in [-0.25, -0.2) is 9.36 Å². The third kappa shape index (κ3) is 3.05. The quantitative estimate of drug-likeness (QED) is 0.450. The van der Waals surface area contributed by atoms with Crippen molar-refractivity contribution in [3.63, 3.8) is 0 Å². The Bertz CT molecular complexity index is 1330. The van der Waals surface area contributed by atoms with Crippen LogP contribution in [0.15, 0.2) is 64.0 Å². The van der Waals surface area contributed by atoms with Gasteiger partial charge >= 0.3 is 6.09 Å². The van der Waals surface area contributed by atoms with Gasteiger partial charge in [0.05, 0.1) is 5.69 Å². The van der Waals surface area contributed by atoms with Crippen molar-refractivity contribution in [1.29, 1.82) is 5.26 Å². The molecule has 0 bridgehead atoms. The minimum absolute atomic E-state index is 0.0222.